The fourth-order valence-electron chi connectivity index (χ4n) is 1.99. The number of H-pyrrole nitrogens is 2. The summed E-state index contributed by atoms with van der Waals surface area (Å²) in [5, 5.41) is 2.25. The minimum Gasteiger partial charge on any atom is -0.364 e. The molecule has 0 aliphatic heterocycles. The molecule has 2 aromatic heterocycles. The maximum atomic E-state index is 11.2. The van der Waals surface area contributed by atoms with E-state index >= 15 is 0 Å². The van der Waals surface area contributed by atoms with Crippen molar-refractivity contribution in [1.29, 1.82) is 0 Å². The average molecular weight is 279 g/mol. The van der Waals surface area contributed by atoms with Crippen LogP contribution in [0.15, 0.2) is 35.3 Å². The number of pyridine rings is 1. The van der Waals surface area contributed by atoms with E-state index in [-0.39, 0.29) is 22.4 Å². The molecule has 3 aromatic rings. The topological polar surface area (TPSA) is 48.6 Å². The zero-order chi connectivity index (χ0) is 10.4. The molecule has 16 heavy (non-hydrogen) atoms. The Hall–Kier alpha value is -1.55. The molecular weight excluding hydrogens is 268 g/mol. The quantitative estimate of drug-likeness (QED) is 0.653. The summed E-state index contributed by atoms with van der Waals surface area (Å²) in [4.78, 5) is 17.6. The number of hydrogen-bond acceptors (Lipinski definition) is 1. The van der Waals surface area contributed by atoms with Gasteiger partial charge in [0.2, 0.25) is 0 Å². The summed E-state index contributed by atoms with van der Waals surface area (Å²) in [6.45, 7) is 2.01. The lowest BCUT2D eigenvalue weighted by molar-refractivity contribution is 1.22. The molecule has 0 bridgehead atoms. The molecule has 0 unspecified atom stereocenters. The van der Waals surface area contributed by atoms with E-state index in [4.69, 9.17) is 0 Å². The zero-order valence-corrected chi connectivity index (χ0v) is 10.4. The highest BCUT2D eigenvalue weighted by molar-refractivity contribution is 8.93. The van der Waals surface area contributed by atoms with Gasteiger partial charge in [-0.05, 0) is 25.1 Å². The molecule has 0 amide bonds. The first kappa shape index (κ1) is 11.0. The first-order chi connectivity index (χ1) is 7.25. The molecule has 0 fully saturated rings. The predicted molar refractivity (Wildman–Crippen MR) is 71.5 cm³/mol. The van der Waals surface area contributed by atoms with E-state index in [0.717, 1.165) is 27.5 Å². The van der Waals surface area contributed by atoms with Crippen molar-refractivity contribution >= 4 is 38.8 Å². The number of aromatic amines is 2. The van der Waals surface area contributed by atoms with Gasteiger partial charge in [-0.25, -0.2) is 0 Å². The summed E-state index contributed by atoms with van der Waals surface area (Å²) in [6, 6.07) is 7.12. The summed E-state index contributed by atoms with van der Waals surface area (Å²) < 4.78 is 0. The Labute approximate surface area is 102 Å². The van der Waals surface area contributed by atoms with E-state index in [1.807, 2.05) is 25.3 Å². The van der Waals surface area contributed by atoms with E-state index in [1.54, 1.807) is 12.1 Å². The summed E-state index contributed by atoms with van der Waals surface area (Å²) in [5.74, 6) is 0. The molecule has 0 aliphatic carbocycles. The van der Waals surface area contributed by atoms with Gasteiger partial charge >= 0.3 is 0 Å². The van der Waals surface area contributed by atoms with E-state index < -0.39 is 0 Å². The number of fused-ring (bicyclic) bond motifs is 3. The molecular formula is C12H11BrN2O. The van der Waals surface area contributed by atoms with Crippen LogP contribution in [0.1, 0.15) is 5.69 Å². The lowest BCUT2D eigenvalue weighted by Crippen LogP contribution is -1.93. The maximum absolute atomic E-state index is 11.2. The second-order valence-electron chi connectivity index (χ2n) is 3.72. The molecule has 2 heterocycles. The Kier molecular flexibility index (Phi) is 2.59. The molecule has 3 nitrogen and oxygen atoms in total. The van der Waals surface area contributed by atoms with Crippen molar-refractivity contribution in [2.24, 2.45) is 0 Å². The van der Waals surface area contributed by atoms with Gasteiger partial charge in [-0.3, -0.25) is 4.79 Å². The number of aryl methyl sites for hydroxylation is 1. The molecule has 0 spiro atoms. The highest BCUT2D eigenvalue weighted by Gasteiger charge is 2.05. The summed E-state index contributed by atoms with van der Waals surface area (Å²) >= 11 is 0. The van der Waals surface area contributed by atoms with Gasteiger partial charge in [-0.2, -0.15) is 0 Å². The molecule has 0 aliphatic rings. The Balaban J connectivity index is 0.000000963. The smallest absolute Gasteiger partial charge is 0.180 e. The average Bonchev–Trinajstić information content (AvgIpc) is 2.57. The molecule has 1 aromatic carbocycles. The van der Waals surface area contributed by atoms with Crippen molar-refractivity contribution in [3.63, 3.8) is 0 Å². The highest BCUT2D eigenvalue weighted by Crippen LogP contribution is 2.24. The first-order valence-corrected chi connectivity index (χ1v) is 4.85. The second kappa shape index (κ2) is 3.79. The molecule has 3 rings (SSSR count). The normalized spacial score (nSPS) is 10.6. The van der Waals surface area contributed by atoms with Crippen LogP contribution in [0.3, 0.4) is 0 Å². The van der Waals surface area contributed by atoms with Crippen LogP contribution >= 0.6 is 17.0 Å². The fraction of sp³-hybridized carbons (Fsp3) is 0.0833. The number of halogens is 1. The Bertz CT molecular complexity index is 712. The van der Waals surface area contributed by atoms with Gasteiger partial charge in [0.25, 0.3) is 0 Å². The minimum absolute atomic E-state index is 0. The number of hydrogen-bond donors (Lipinski definition) is 2. The largest absolute Gasteiger partial charge is 0.364 e. The first-order valence-electron chi connectivity index (χ1n) is 4.85. The molecule has 0 atom stereocenters. The van der Waals surface area contributed by atoms with Crippen LogP contribution in [0.2, 0.25) is 0 Å². The third kappa shape index (κ3) is 1.46. The number of benzene rings is 1. The maximum Gasteiger partial charge on any atom is 0.180 e. The monoisotopic (exact) mass is 278 g/mol. The molecule has 82 valence electrons. The Morgan fingerprint density at radius 3 is 2.75 bits per heavy atom. The van der Waals surface area contributed by atoms with Crippen LogP contribution in [0.5, 0.6) is 0 Å². The van der Waals surface area contributed by atoms with Crippen LogP contribution < -0.4 is 5.43 Å². The van der Waals surface area contributed by atoms with Crippen LogP contribution in [-0.4, -0.2) is 9.97 Å². The zero-order valence-electron chi connectivity index (χ0n) is 8.70. The molecule has 4 heteroatoms. The van der Waals surface area contributed by atoms with Gasteiger partial charge in [0.05, 0.1) is 11.0 Å². The molecule has 0 radical (unpaired) electrons. The SMILES string of the molecule is Br.Cc1[nH]ccc2c1[nH]c1cc(=O)ccc12. The lowest BCUT2D eigenvalue weighted by Gasteiger charge is -1.94. The van der Waals surface area contributed by atoms with Gasteiger partial charge in [-0.15, -0.1) is 17.0 Å². The van der Waals surface area contributed by atoms with Crippen LogP contribution in [0.25, 0.3) is 21.8 Å². The minimum atomic E-state index is 0. The van der Waals surface area contributed by atoms with Gasteiger partial charge < -0.3 is 9.97 Å². The van der Waals surface area contributed by atoms with E-state index in [0.29, 0.717) is 0 Å². The van der Waals surface area contributed by atoms with Crippen molar-refractivity contribution in [3.05, 3.63) is 46.4 Å². The van der Waals surface area contributed by atoms with Gasteiger partial charge in [-0.1, -0.05) is 0 Å². The van der Waals surface area contributed by atoms with Crippen molar-refractivity contribution in [3.8, 4) is 0 Å². The van der Waals surface area contributed by atoms with Crippen molar-refractivity contribution in [1.82, 2.24) is 9.97 Å². The van der Waals surface area contributed by atoms with Crippen molar-refractivity contribution in [2.45, 2.75) is 6.92 Å². The number of nitrogens with one attached hydrogen (secondary N) is 2. The van der Waals surface area contributed by atoms with Gasteiger partial charge in [0.1, 0.15) is 0 Å². The third-order valence-corrected chi connectivity index (χ3v) is 2.74. The Morgan fingerprint density at radius 2 is 1.94 bits per heavy atom. The second-order valence-corrected chi connectivity index (χ2v) is 3.72. The van der Waals surface area contributed by atoms with Crippen molar-refractivity contribution < 1.29 is 0 Å². The molecule has 0 saturated heterocycles. The highest BCUT2D eigenvalue weighted by atomic mass is 79.9. The molecule has 0 saturated carbocycles. The number of aromatic nitrogens is 2. The van der Waals surface area contributed by atoms with E-state index in [1.165, 1.54) is 0 Å². The van der Waals surface area contributed by atoms with Crippen LogP contribution in [-0.2, 0) is 0 Å². The standard InChI is InChI=1S/C12H10N2O.BrH/c1-7-12-10(4-5-13-7)9-3-2-8(15)6-11(9)14-12;/h2-6,13-14H,1H3;1H. The van der Waals surface area contributed by atoms with Gasteiger partial charge in [0, 0.05) is 28.7 Å². The lowest BCUT2D eigenvalue weighted by atomic mass is 10.2. The van der Waals surface area contributed by atoms with Crippen molar-refractivity contribution in [2.75, 3.05) is 0 Å². The van der Waals surface area contributed by atoms with Gasteiger partial charge in [0.15, 0.2) is 5.43 Å². The molecule has 2 N–H and O–H groups in total. The Morgan fingerprint density at radius 1 is 1.12 bits per heavy atom. The summed E-state index contributed by atoms with van der Waals surface area (Å²) in [7, 11) is 0. The summed E-state index contributed by atoms with van der Waals surface area (Å²) in [5.41, 5.74) is 3.09. The number of rotatable bonds is 0. The van der Waals surface area contributed by atoms with E-state index in [9.17, 15) is 4.79 Å². The van der Waals surface area contributed by atoms with Crippen LogP contribution in [0.4, 0.5) is 0 Å². The van der Waals surface area contributed by atoms with E-state index in [2.05, 4.69) is 9.97 Å². The summed E-state index contributed by atoms with van der Waals surface area (Å²) in [6.07, 6.45) is 1.91. The van der Waals surface area contributed by atoms with Crippen LogP contribution in [0, 0.1) is 6.92 Å². The fourth-order valence-corrected chi connectivity index (χ4v) is 1.99. The predicted octanol–water partition coefficient (Wildman–Crippen LogP) is 2.90. The third-order valence-electron chi connectivity index (χ3n) is 2.74.